The molecule has 0 heterocycles. The van der Waals surface area contributed by atoms with E-state index in [9.17, 15) is 5.11 Å². The monoisotopic (exact) mass is 232 g/mol. The first-order chi connectivity index (χ1) is 7.68. The lowest BCUT2D eigenvalue weighted by atomic mass is 10.1. The summed E-state index contributed by atoms with van der Waals surface area (Å²) < 4.78 is 15.2. The lowest BCUT2D eigenvalue weighted by Gasteiger charge is -2.09. The summed E-state index contributed by atoms with van der Waals surface area (Å²) in [5, 5.41) is 9.45. The van der Waals surface area contributed by atoms with Gasteiger partial charge in [-0.1, -0.05) is 12.2 Å². The van der Waals surface area contributed by atoms with E-state index in [2.05, 4.69) is 6.58 Å². The van der Waals surface area contributed by atoms with Gasteiger partial charge in [-0.05, 0) is 26.2 Å². The summed E-state index contributed by atoms with van der Waals surface area (Å²) >= 11 is 0. The largest absolute Gasteiger partial charge is 0.389 e. The smallest absolute Gasteiger partial charge is 0.146 e. The van der Waals surface area contributed by atoms with Crippen molar-refractivity contribution in [1.29, 1.82) is 0 Å². The number of rotatable bonds is 11. The van der Waals surface area contributed by atoms with Gasteiger partial charge in [-0.2, -0.15) is 0 Å². The average Bonchev–Trinajstić information content (AvgIpc) is 2.26. The summed E-state index contributed by atoms with van der Waals surface area (Å²) in [5.74, 6) is 0. The first-order valence-electron chi connectivity index (χ1n) is 5.66. The van der Waals surface area contributed by atoms with Crippen molar-refractivity contribution in [2.75, 3.05) is 33.7 Å². The van der Waals surface area contributed by atoms with Crippen LogP contribution in [0.25, 0.3) is 0 Å². The van der Waals surface area contributed by atoms with Gasteiger partial charge in [-0.15, -0.1) is 0 Å². The van der Waals surface area contributed by atoms with Gasteiger partial charge in [-0.25, -0.2) is 0 Å². The normalized spacial score (nSPS) is 12.7. The first-order valence-corrected chi connectivity index (χ1v) is 5.66. The molecule has 0 saturated carbocycles. The van der Waals surface area contributed by atoms with Crippen LogP contribution in [0.1, 0.15) is 26.2 Å². The van der Waals surface area contributed by atoms with Gasteiger partial charge in [0, 0.05) is 13.7 Å². The maximum Gasteiger partial charge on any atom is 0.146 e. The highest BCUT2D eigenvalue weighted by Gasteiger charge is 2.03. The van der Waals surface area contributed by atoms with Gasteiger partial charge in [0.15, 0.2) is 0 Å². The molecule has 4 heteroatoms. The van der Waals surface area contributed by atoms with Gasteiger partial charge in [0.1, 0.15) is 6.79 Å². The molecule has 0 aromatic heterocycles. The third-order valence-electron chi connectivity index (χ3n) is 2.18. The molecule has 0 aromatic rings. The fourth-order valence-electron chi connectivity index (χ4n) is 1.11. The van der Waals surface area contributed by atoms with E-state index >= 15 is 0 Å². The zero-order valence-corrected chi connectivity index (χ0v) is 10.4. The molecule has 1 atom stereocenters. The maximum atomic E-state index is 9.45. The topological polar surface area (TPSA) is 47.9 Å². The number of ether oxygens (including phenoxy) is 3. The van der Waals surface area contributed by atoms with E-state index in [0.717, 1.165) is 24.8 Å². The molecular weight excluding hydrogens is 208 g/mol. The van der Waals surface area contributed by atoms with Crippen molar-refractivity contribution in [1.82, 2.24) is 0 Å². The minimum Gasteiger partial charge on any atom is -0.389 e. The molecule has 0 amide bonds. The van der Waals surface area contributed by atoms with Crippen LogP contribution in [-0.2, 0) is 14.2 Å². The van der Waals surface area contributed by atoms with Crippen LogP contribution in [-0.4, -0.2) is 44.9 Å². The van der Waals surface area contributed by atoms with Crippen LogP contribution in [0.3, 0.4) is 0 Å². The average molecular weight is 232 g/mol. The van der Waals surface area contributed by atoms with Crippen LogP contribution in [0.2, 0.25) is 0 Å². The Bertz CT molecular complexity index is 170. The van der Waals surface area contributed by atoms with Crippen LogP contribution >= 0.6 is 0 Å². The van der Waals surface area contributed by atoms with Gasteiger partial charge >= 0.3 is 0 Å². The summed E-state index contributed by atoms with van der Waals surface area (Å²) in [4.78, 5) is 0. The zero-order valence-electron chi connectivity index (χ0n) is 10.4. The number of aliphatic hydroxyl groups excluding tert-OH is 1. The van der Waals surface area contributed by atoms with E-state index in [1.807, 2.05) is 6.92 Å². The Morgan fingerprint density at radius 1 is 1.19 bits per heavy atom. The number of hydrogen-bond acceptors (Lipinski definition) is 4. The molecule has 96 valence electrons. The van der Waals surface area contributed by atoms with Gasteiger partial charge in [0.2, 0.25) is 0 Å². The Hall–Kier alpha value is -0.420. The Morgan fingerprint density at radius 2 is 1.88 bits per heavy atom. The lowest BCUT2D eigenvalue weighted by molar-refractivity contribution is -0.0666. The van der Waals surface area contributed by atoms with E-state index in [-0.39, 0.29) is 6.10 Å². The lowest BCUT2D eigenvalue weighted by Crippen LogP contribution is -2.09. The molecule has 0 spiro atoms. The van der Waals surface area contributed by atoms with Crippen LogP contribution < -0.4 is 0 Å². The highest BCUT2D eigenvalue weighted by atomic mass is 16.7. The highest BCUT2D eigenvalue weighted by molar-refractivity contribution is 4.96. The summed E-state index contributed by atoms with van der Waals surface area (Å²) in [6.45, 7) is 7.66. The Balaban J connectivity index is 3.07. The summed E-state index contributed by atoms with van der Waals surface area (Å²) in [5.41, 5.74) is 0.823. The number of hydrogen-bond donors (Lipinski definition) is 1. The molecule has 16 heavy (non-hydrogen) atoms. The quantitative estimate of drug-likeness (QED) is 0.335. The van der Waals surface area contributed by atoms with Crippen molar-refractivity contribution in [3.63, 3.8) is 0 Å². The molecule has 4 nitrogen and oxygen atoms in total. The minimum absolute atomic E-state index is 0.312. The molecule has 0 saturated heterocycles. The predicted molar refractivity (Wildman–Crippen MR) is 63.3 cm³/mol. The Kier molecular flexibility index (Phi) is 10.8. The van der Waals surface area contributed by atoms with Crippen LogP contribution in [0.4, 0.5) is 0 Å². The third-order valence-corrected chi connectivity index (χ3v) is 2.18. The van der Waals surface area contributed by atoms with Gasteiger partial charge in [0.05, 0.1) is 19.3 Å². The highest BCUT2D eigenvalue weighted by Crippen LogP contribution is 2.07. The fraction of sp³-hybridized carbons (Fsp3) is 0.833. The predicted octanol–water partition coefficient (Wildman–Crippen LogP) is 1.73. The molecule has 0 aromatic carbocycles. The van der Waals surface area contributed by atoms with Crippen molar-refractivity contribution in [2.24, 2.45) is 0 Å². The van der Waals surface area contributed by atoms with Crippen LogP contribution in [0.5, 0.6) is 0 Å². The minimum atomic E-state index is -0.377. The second-order valence-corrected chi connectivity index (χ2v) is 3.79. The summed E-state index contributed by atoms with van der Waals surface area (Å²) in [7, 11) is 1.64. The second-order valence-electron chi connectivity index (χ2n) is 3.79. The zero-order chi connectivity index (χ0) is 12.2. The van der Waals surface area contributed by atoms with Crippen molar-refractivity contribution >= 4 is 0 Å². The molecule has 0 aliphatic heterocycles. The van der Waals surface area contributed by atoms with E-state index < -0.39 is 0 Å². The van der Waals surface area contributed by atoms with Crippen molar-refractivity contribution in [3.05, 3.63) is 12.2 Å². The molecule has 0 aliphatic carbocycles. The van der Waals surface area contributed by atoms with Gasteiger partial charge in [-0.3, -0.25) is 0 Å². The standard InChI is InChI=1S/C12H24O4/c1-11(2)12(13)6-4-5-7-15-10-16-9-8-14-3/h12-13H,1,4-10H2,2-3H3. The van der Waals surface area contributed by atoms with Crippen LogP contribution in [0.15, 0.2) is 12.2 Å². The van der Waals surface area contributed by atoms with Gasteiger partial charge in [0.25, 0.3) is 0 Å². The maximum absolute atomic E-state index is 9.45. The van der Waals surface area contributed by atoms with Crippen LogP contribution in [0, 0.1) is 0 Å². The molecule has 0 rings (SSSR count). The molecule has 1 unspecified atom stereocenters. The number of methoxy groups -OCH3 is 1. The van der Waals surface area contributed by atoms with Crippen molar-refractivity contribution < 1.29 is 19.3 Å². The number of aliphatic hydroxyl groups is 1. The fourth-order valence-corrected chi connectivity index (χ4v) is 1.11. The molecule has 0 radical (unpaired) electrons. The summed E-state index contributed by atoms with van der Waals surface area (Å²) in [6, 6.07) is 0. The van der Waals surface area contributed by atoms with E-state index in [1.165, 1.54) is 0 Å². The van der Waals surface area contributed by atoms with Crippen molar-refractivity contribution in [2.45, 2.75) is 32.3 Å². The van der Waals surface area contributed by atoms with Gasteiger partial charge < -0.3 is 19.3 Å². The van der Waals surface area contributed by atoms with E-state index in [4.69, 9.17) is 14.2 Å². The molecule has 0 aliphatic rings. The number of unbranched alkanes of at least 4 members (excludes halogenated alkanes) is 1. The second kappa shape index (κ2) is 11.1. The van der Waals surface area contributed by atoms with Crippen molar-refractivity contribution in [3.8, 4) is 0 Å². The Morgan fingerprint density at radius 3 is 2.50 bits per heavy atom. The Labute approximate surface area is 98.2 Å². The third kappa shape index (κ3) is 10.1. The molecular formula is C12H24O4. The van der Waals surface area contributed by atoms with E-state index in [1.54, 1.807) is 7.11 Å². The molecule has 0 fully saturated rings. The first kappa shape index (κ1) is 15.6. The molecule has 0 bridgehead atoms. The molecule has 1 N–H and O–H groups in total. The summed E-state index contributed by atoms with van der Waals surface area (Å²) in [6.07, 6.45) is 2.24. The SMILES string of the molecule is C=C(C)C(O)CCCCOCOCCOC. The van der Waals surface area contributed by atoms with E-state index in [0.29, 0.717) is 26.6 Å².